The summed E-state index contributed by atoms with van der Waals surface area (Å²) >= 11 is 0. The van der Waals surface area contributed by atoms with Crippen LogP contribution in [0.3, 0.4) is 0 Å². The van der Waals surface area contributed by atoms with E-state index in [1.54, 1.807) is 19.4 Å². The first-order valence-electron chi connectivity index (χ1n) is 5.39. The van der Waals surface area contributed by atoms with E-state index in [9.17, 15) is 0 Å². The maximum absolute atomic E-state index is 5.66. The summed E-state index contributed by atoms with van der Waals surface area (Å²) in [4.78, 5) is 12.4. The zero-order chi connectivity index (χ0) is 12.5. The lowest BCUT2D eigenvalue weighted by Crippen LogP contribution is -2.01. The molecule has 6 nitrogen and oxygen atoms in total. The van der Waals surface area contributed by atoms with Crippen molar-refractivity contribution in [2.75, 3.05) is 12.8 Å². The average Bonchev–Trinajstić information content (AvgIpc) is 2.85. The molecule has 0 spiro atoms. The number of ether oxygens (including phenoxy) is 1. The molecule has 18 heavy (non-hydrogen) atoms. The fourth-order valence-electron chi connectivity index (χ4n) is 1.83. The van der Waals surface area contributed by atoms with E-state index < -0.39 is 0 Å². The highest BCUT2D eigenvalue weighted by Crippen LogP contribution is 2.22. The van der Waals surface area contributed by atoms with E-state index in [0.717, 1.165) is 11.3 Å². The fraction of sp³-hybridized carbons (Fsp3) is 0.0833. The van der Waals surface area contributed by atoms with Gasteiger partial charge in [0.25, 0.3) is 0 Å². The van der Waals surface area contributed by atoms with Crippen molar-refractivity contribution in [1.29, 1.82) is 0 Å². The van der Waals surface area contributed by atoms with Gasteiger partial charge in [-0.2, -0.15) is 4.98 Å². The molecule has 0 unspecified atom stereocenters. The summed E-state index contributed by atoms with van der Waals surface area (Å²) in [5, 5.41) is 0. The molecule has 0 saturated heterocycles. The van der Waals surface area contributed by atoms with Crippen molar-refractivity contribution < 1.29 is 4.74 Å². The van der Waals surface area contributed by atoms with E-state index in [-0.39, 0.29) is 5.95 Å². The van der Waals surface area contributed by atoms with E-state index >= 15 is 0 Å². The predicted molar refractivity (Wildman–Crippen MR) is 67.2 cm³/mol. The minimum Gasteiger partial charge on any atom is -0.481 e. The van der Waals surface area contributed by atoms with E-state index in [0.29, 0.717) is 11.6 Å². The Hall–Kier alpha value is -2.63. The topological polar surface area (TPSA) is 78.3 Å². The molecular weight excluding hydrogens is 230 g/mol. The highest BCUT2D eigenvalue weighted by molar-refractivity contribution is 5.61. The van der Waals surface area contributed by atoms with Crippen LogP contribution in [0.1, 0.15) is 0 Å². The number of imidazole rings is 1. The monoisotopic (exact) mass is 241 g/mol. The highest BCUT2D eigenvalue weighted by Gasteiger charge is 2.08. The Morgan fingerprint density at radius 1 is 1.28 bits per heavy atom. The van der Waals surface area contributed by atoms with Gasteiger partial charge in [-0.25, -0.2) is 9.97 Å². The Morgan fingerprint density at radius 2 is 2.17 bits per heavy atom. The van der Waals surface area contributed by atoms with Crippen molar-refractivity contribution in [2.24, 2.45) is 0 Å². The van der Waals surface area contributed by atoms with Crippen LogP contribution in [0.4, 0.5) is 5.95 Å². The van der Waals surface area contributed by atoms with Gasteiger partial charge in [-0.05, 0) is 12.1 Å². The second kappa shape index (κ2) is 3.99. The second-order valence-corrected chi connectivity index (χ2v) is 3.72. The summed E-state index contributed by atoms with van der Waals surface area (Å²) in [6.07, 6.45) is 3.61. The zero-order valence-corrected chi connectivity index (χ0v) is 9.74. The Balaban J connectivity index is 2.25. The summed E-state index contributed by atoms with van der Waals surface area (Å²) in [7, 11) is 1.54. The van der Waals surface area contributed by atoms with Gasteiger partial charge in [-0.15, -0.1) is 0 Å². The van der Waals surface area contributed by atoms with Gasteiger partial charge in [0.05, 0.1) is 18.5 Å². The number of rotatable bonds is 2. The largest absolute Gasteiger partial charge is 0.481 e. The van der Waals surface area contributed by atoms with Crippen LogP contribution in [-0.2, 0) is 0 Å². The van der Waals surface area contributed by atoms with Crippen LogP contribution in [0.15, 0.2) is 36.7 Å². The molecule has 0 aromatic carbocycles. The normalized spacial score (nSPS) is 10.7. The molecule has 0 aliphatic carbocycles. The Bertz CT molecular complexity index is 707. The number of pyridine rings is 1. The first kappa shape index (κ1) is 10.5. The van der Waals surface area contributed by atoms with Crippen molar-refractivity contribution in [1.82, 2.24) is 19.4 Å². The molecule has 3 heterocycles. The number of anilines is 1. The summed E-state index contributed by atoms with van der Waals surface area (Å²) in [5.74, 6) is 0.621. The van der Waals surface area contributed by atoms with Gasteiger partial charge in [0.2, 0.25) is 11.8 Å². The van der Waals surface area contributed by atoms with Crippen LogP contribution >= 0.6 is 0 Å². The van der Waals surface area contributed by atoms with Gasteiger partial charge in [-0.1, -0.05) is 6.07 Å². The van der Waals surface area contributed by atoms with Gasteiger partial charge < -0.3 is 10.5 Å². The molecule has 3 aromatic rings. The third-order valence-electron chi connectivity index (χ3n) is 2.62. The van der Waals surface area contributed by atoms with Crippen molar-refractivity contribution in [3.05, 3.63) is 36.7 Å². The molecule has 2 N–H and O–H groups in total. The maximum Gasteiger partial charge on any atom is 0.223 e. The molecule has 3 aromatic heterocycles. The van der Waals surface area contributed by atoms with Crippen LogP contribution in [0, 0.1) is 0 Å². The molecule has 0 bridgehead atoms. The summed E-state index contributed by atoms with van der Waals surface area (Å²) in [5.41, 5.74) is 8.10. The summed E-state index contributed by atoms with van der Waals surface area (Å²) < 4.78 is 7.03. The quantitative estimate of drug-likeness (QED) is 0.733. The lowest BCUT2D eigenvalue weighted by Gasteiger charge is -2.07. The standard InChI is InChI=1S/C12H11N5O/c1-18-11-7-8(15-12(13)16-11)9-3-2-4-10-14-5-6-17(9)10/h2-7H,1H3,(H2,13,15,16). The number of nitrogens with two attached hydrogens (primary N) is 1. The third-order valence-corrected chi connectivity index (χ3v) is 2.62. The SMILES string of the molecule is COc1cc(-c2cccc3nccn23)nc(N)n1. The van der Waals surface area contributed by atoms with Gasteiger partial charge in [0, 0.05) is 18.5 Å². The Morgan fingerprint density at radius 3 is 3.00 bits per heavy atom. The number of hydrogen-bond donors (Lipinski definition) is 1. The van der Waals surface area contributed by atoms with Crippen molar-refractivity contribution >= 4 is 11.6 Å². The number of nitrogens with zero attached hydrogens (tertiary/aromatic N) is 4. The van der Waals surface area contributed by atoms with Crippen LogP contribution in [0.25, 0.3) is 17.0 Å². The second-order valence-electron chi connectivity index (χ2n) is 3.72. The van der Waals surface area contributed by atoms with Crippen LogP contribution < -0.4 is 10.5 Å². The number of fused-ring (bicyclic) bond motifs is 1. The van der Waals surface area contributed by atoms with Crippen molar-refractivity contribution in [3.8, 4) is 17.3 Å². The minimum absolute atomic E-state index is 0.182. The number of methoxy groups -OCH3 is 1. The lowest BCUT2D eigenvalue weighted by molar-refractivity contribution is 0.398. The van der Waals surface area contributed by atoms with Gasteiger partial charge in [0.1, 0.15) is 5.65 Å². The molecule has 0 saturated carbocycles. The molecule has 0 aliphatic rings. The Labute approximate surface area is 103 Å². The van der Waals surface area contributed by atoms with E-state index in [2.05, 4.69) is 15.0 Å². The Kier molecular flexibility index (Phi) is 2.33. The zero-order valence-electron chi connectivity index (χ0n) is 9.74. The number of hydrogen-bond acceptors (Lipinski definition) is 5. The van der Waals surface area contributed by atoms with Crippen LogP contribution in [-0.4, -0.2) is 26.5 Å². The average molecular weight is 241 g/mol. The number of aromatic nitrogens is 4. The molecule has 3 rings (SSSR count). The van der Waals surface area contributed by atoms with Crippen molar-refractivity contribution in [3.63, 3.8) is 0 Å². The van der Waals surface area contributed by atoms with E-state index in [4.69, 9.17) is 10.5 Å². The van der Waals surface area contributed by atoms with Gasteiger partial charge >= 0.3 is 0 Å². The highest BCUT2D eigenvalue weighted by atomic mass is 16.5. The number of nitrogen functional groups attached to an aromatic ring is 1. The smallest absolute Gasteiger partial charge is 0.223 e. The lowest BCUT2D eigenvalue weighted by atomic mass is 10.2. The fourth-order valence-corrected chi connectivity index (χ4v) is 1.83. The molecule has 90 valence electrons. The van der Waals surface area contributed by atoms with Gasteiger partial charge in [-0.3, -0.25) is 4.40 Å². The predicted octanol–water partition coefficient (Wildman–Crippen LogP) is 1.38. The molecule has 0 fully saturated rings. The molecule has 0 amide bonds. The minimum atomic E-state index is 0.182. The first-order chi connectivity index (χ1) is 8.78. The molecule has 6 heteroatoms. The van der Waals surface area contributed by atoms with E-state index in [1.807, 2.05) is 28.8 Å². The first-order valence-corrected chi connectivity index (χ1v) is 5.39. The third kappa shape index (κ3) is 1.64. The van der Waals surface area contributed by atoms with Gasteiger partial charge in [0.15, 0.2) is 0 Å². The van der Waals surface area contributed by atoms with Crippen molar-refractivity contribution in [2.45, 2.75) is 0 Å². The summed E-state index contributed by atoms with van der Waals surface area (Å²) in [6.45, 7) is 0. The molecular formula is C12H11N5O. The van der Waals surface area contributed by atoms with Crippen LogP contribution in [0.2, 0.25) is 0 Å². The van der Waals surface area contributed by atoms with Crippen LogP contribution in [0.5, 0.6) is 5.88 Å². The maximum atomic E-state index is 5.66. The molecule has 0 radical (unpaired) electrons. The molecule has 0 aliphatic heterocycles. The summed E-state index contributed by atoms with van der Waals surface area (Å²) in [6, 6.07) is 7.52. The van der Waals surface area contributed by atoms with E-state index in [1.165, 1.54) is 0 Å². The molecule has 0 atom stereocenters.